The lowest BCUT2D eigenvalue weighted by Crippen LogP contribution is -2.28. The van der Waals surface area contributed by atoms with Crippen LogP contribution in [0.25, 0.3) is 0 Å². The van der Waals surface area contributed by atoms with Crippen LogP contribution in [0.5, 0.6) is 0 Å². The van der Waals surface area contributed by atoms with Crippen LogP contribution >= 0.6 is 0 Å². The third-order valence-electron chi connectivity index (χ3n) is 2.29. The molecular formula is C11H12F4N2. The third kappa shape index (κ3) is 3.04. The Labute approximate surface area is 96.1 Å². The summed E-state index contributed by atoms with van der Waals surface area (Å²) in [6.45, 7) is 5.21. The lowest BCUT2D eigenvalue weighted by molar-refractivity contribution is -0.140. The van der Waals surface area contributed by atoms with Crippen molar-refractivity contribution in [2.24, 2.45) is 5.84 Å². The zero-order valence-corrected chi connectivity index (χ0v) is 9.11. The molecule has 0 bridgehead atoms. The van der Waals surface area contributed by atoms with E-state index < -0.39 is 23.6 Å². The Balaban J connectivity index is 3.25. The first-order valence-corrected chi connectivity index (χ1v) is 4.75. The summed E-state index contributed by atoms with van der Waals surface area (Å²) in [5.41, 5.74) is 1.77. The third-order valence-corrected chi connectivity index (χ3v) is 2.29. The molecule has 3 N–H and O–H groups in total. The molecule has 0 spiro atoms. The van der Waals surface area contributed by atoms with Gasteiger partial charge < -0.3 is 0 Å². The van der Waals surface area contributed by atoms with Gasteiger partial charge >= 0.3 is 6.18 Å². The largest absolute Gasteiger partial charge is 0.419 e. The van der Waals surface area contributed by atoms with Gasteiger partial charge in [-0.1, -0.05) is 18.2 Å². The fraction of sp³-hybridized carbons (Fsp3) is 0.273. The van der Waals surface area contributed by atoms with Crippen molar-refractivity contribution in [2.45, 2.75) is 19.1 Å². The van der Waals surface area contributed by atoms with Gasteiger partial charge in [-0.2, -0.15) is 13.2 Å². The molecular weight excluding hydrogens is 236 g/mol. The second kappa shape index (κ2) is 4.85. The van der Waals surface area contributed by atoms with Gasteiger partial charge in [0.1, 0.15) is 5.82 Å². The van der Waals surface area contributed by atoms with E-state index in [1.807, 2.05) is 0 Å². The molecule has 94 valence electrons. The fourth-order valence-corrected chi connectivity index (χ4v) is 1.46. The molecule has 0 heterocycles. The highest BCUT2D eigenvalue weighted by atomic mass is 19.4. The molecule has 1 rings (SSSR count). The molecule has 0 saturated heterocycles. The van der Waals surface area contributed by atoms with E-state index in [1.165, 1.54) is 6.07 Å². The SMILES string of the molecule is C=C(C)C(NN)c1ccc(F)c(C(F)(F)F)c1. The number of nitrogens with two attached hydrogens (primary N) is 1. The highest BCUT2D eigenvalue weighted by molar-refractivity contribution is 5.32. The Morgan fingerprint density at radius 1 is 1.41 bits per heavy atom. The Morgan fingerprint density at radius 2 is 2.00 bits per heavy atom. The molecule has 0 radical (unpaired) electrons. The minimum absolute atomic E-state index is 0.216. The molecule has 0 aliphatic carbocycles. The van der Waals surface area contributed by atoms with Crippen LogP contribution in [0.2, 0.25) is 0 Å². The topological polar surface area (TPSA) is 38.0 Å². The summed E-state index contributed by atoms with van der Waals surface area (Å²) in [6.07, 6.45) is -4.73. The van der Waals surface area contributed by atoms with Gasteiger partial charge in [-0.25, -0.2) is 9.82 Å². The number of benzene rings is 1. The molecule has 0 saturated carbocycles. The van der Waals surface area contributed by atoms with E-state index >= 15 is 0 Å². The van der Waals surface area contributed by atoms with Crippen LogP contribution in [0.15, 0.2) is 30.4 Å². The van der Waals surface area contributed by atoms with Crippen LogP contribution < -0.4 is 11.3 Å². The van der Waals surface area contributed by atoms with E-state index in [-0.39, 0.29) is 5.56 Å². The van der Waals surface area contributed by atoms with Gasteiger partial charge in [-0.3, -0.25) is 5.84 Å². The molecule has 6 heteroatoms. The average molecular weight is 248 g/mol. The van der Waals surface area contributed by atoms with Gasteiger partial charge in [0.05, 0.1) is 11.6 Å². The van der Waals surface area contributed by atoms with Crippen molar-refractivity contribution in [1.29, 1.82) is 0 Å². The Hall–Kier alpha value is -1.40. The van der Waals surface area contributed by atoms with Crippen LogP contribution in [0.4, 0.5) is 17.6 Å². The minimum atomic E-state index is -4.73. The summed E-state index contributed by atoms with van der Waals surface area (Å²) in [6, 6.07) is 2.10. The number of alkyl halides is 3. The van der Waals surface area contributed by atoms with Gasteiger partial charge in [0, 0.05) is 0 Å². The van der Waals surface area contributed by atoms with Gasteiger partial charge in [0.25, 0.3) is 0 Å². The summed E-state index contributed by atoms with van der Waals surface area (Å²) >= 11 is 0. The number of hydrazine groups is 1. The van der Waals surface area contributed by atoms with E-state index in [0.29, 0.717) is 5.57 Å². The maximum atomic E-state index is 13.0. The lowest BCUT2D eigenvalue weighted by Gasteiger charge is -2.18. The van der Waals surface area contributed by atoms with Crippen LogP contribution in [-0.2, 0) is 6.18 Å². The van der Waals surface area contributed by atoms with E-state index in [2.05, 4.69) is 12.0 Å². The predicted molar refractivity (Wildman–Crippen MR) is 56.3 cm³/mol. The van der Waals surface area contributed by atoms with Crippen molar-refractivity contribution in [1.82, 2.24) is 5.43 Å². The first kappa shape index (κ1) is 13.7. The van der Waals surface area contributed by atoms with E-state index in [1.54, 1.807) is 6.92 Å². The Kier molecular flexibility index (Phi) is 3.90. The van der Waals surface area contributed by atoms with Crippen LogP contribution in [0, 0.1) is 5.82 Å². The van der Waals surface area contributed by atoms with Crippen LogP contribution in [0.1, 0.15) is 24.1 Å². The van der Waals surface area contributed by atoms with Crippen molar-refractivity contribution in [3.05, 3.63) is 47.3 Å². The summed E-state index contributed by atoms with van der Waals surface area (Å²) in [5, 5.41) is 0. The van der Waals surface area contributed by atoms with Crippen molar-refractivity contribution < 1.29 is 17.6 Å². The van der Waals surface area contributed by atoms with E-state index in [4.69, 9.17) is 5.84 Å². The first-order valence-electron chi connectivity index (χ1n) is 4.75. The zero-order chi connectivity index (χ0) is 13.2. The maximum Gasteiger partial charge on any atom is 0.419 e. The number of nitrogens with one attached hydrogen (secondary N) is 1. The van der Waals surface area contributed by atoms with Crippen molar-refractivity contribution >= 4 is 0 Å². The predicted octanol–water partition coefficient (Wildman–Crippen LogP) is 2.93. The second-order valence-corrected chi connectivity index (χ2v) is 3.68. The second-order valence-electron chi connectivity index (χ2n) is 3.68. The highest BCUT2D eigenvalue weighted by Crippen LogP contribution is 2.33. The molecule has 0 amide bonds. The van der Waals surface area contributed by atoms with Crippen LogP contribution in [0.3, 0.4) is 0 Å². The normalized spacial score (nSPS) is 13.5. The Morgan fingerprint density at radius 3 is 2.41 bits per heavy atom. The van der Waals surface area contributed by atoms with Crippen molar-refractivity contribution in [3.8, 4) is 0 Å². The number of rotatable bonds is 3. The van der Waals surface area contributed by atoms with E-state index in [9.17, 15) is 17.6 Å². The number of hydrogen-bond acceptors (Lipinski definition) is 2. The number of hydrogen-bond donors (Lipinski definition) is 2. The van der Waals surface area contributed by atoms with Gasteiger partial charge in [-0.05, 0) is 24.6 Å². The number of halogens is 4. The van der Waals surface area contributed by atoms with Gasteiger partial charge in [0.15, 0.2) is 0 Å². The van der Waals surface area contributed by atoms with Gasteiger partial charge in [-0.15, -0.1) is 0 Å². The quantitative estimate of drug-likeness (QED) is 0.373. The smallest absolute Gasteiger partial charge is 0.271 e. The summed E-state index contributed by atoms with van der Waals surface area (Å²) < 4.78 is 50.5. The molecule has 1 atom stereocenters. The molecule has 0 aliphatic rings. The molecule has 0 aliphatic heterocycles. The van der Waals surface area contributed by atoms with E-state index in [0.717, 1.165) is 12.1 Å². The minimum Gasteiger partial charge on any atom is -0.271 e. The fourth-order valence-electron chi connectivity index (χ4n) is 1.46. The maximum absolute atomic E-state index is 13.0. The average Bonchev–Trinajstić information content (AvgIpc) is 2.19. The molecule has 17 heavy (non-hydrogen) atoms. The standard InChI is InChI=1S/C11H12F4N2/c1-6(2)10(17-16)7-3-4-9(12)8(5-7)11(13,14)15/h3-5,10,17H,1,16H2,2H3. The first-order chi connectivity index (χ1) is 7.77. The molecule has 1 aromatic carbocycles. The summed E-state index contributed by atoms with van der Waals surface area (Å²) in [4.78, 5) is 0. The highest BCUT2D eigenvalue weighted by Gasteiger charge is 2.34. The van der Waals surface area contributed by atoms with Crippen molar-refractivity contribution in [3.63, 3.8) is 0 Å². The summed E-state index contributed by atoms with van der Waals surface area (Å²) in [7, 11) is 0. The van der Waals surface area contributed by atoms with Crippen LogP contribution in [-0.4, -0.2) is 0 Å². The Bertz CT molecular complexity index is 426. The molecule has 0 aromatic heterocycles. The molecule has 2 nitrogen and oxygen atoms in total. The van der Waals surface area contributed by atoms with Crippen molar-refractivity contribution in [2.75, 3.05) is 0 Å². The lowest BCUT2D eigenvalue weighted by atomic mass is 9.99. The monoisotopic (exact) mass is 248 g/mol. The zero-order valence-electron chi connectivity index (χ0n) is 9.11. The van der Waals surface area contributed by atoms with Gasteiger partial charge in [0.2, 0.25) is 0 Å². The molecule has 1 unspecified atom stereocenters. The molecule has 0 fully saturated rings. The summed E-state index contributed by atoms with van der Waals surface area (Å²) in [5.74, 6) is 3.91. The molecule has 1 aromatic rings.